The molecule has 0 spiro atoms. The zero-order chi connectivity index (χ0) is 9.26. The quantitative estimate of drug-likeness (QED) is 0.592. The summed E-state index contributed by atoms with van der Waals surface area (Å²) in [5.41, 5.74) is 12.7. The average molecular weight is 175 g/mol. The molecule has 2 aromatic rings. The molecule has 66 valence electrons. The molecule has 0 aliphatic rings. The Hall–Kier alpha value is -2.04. The van der Waals surface area contributed by atoms with E-state index in [9.17, 15) is 0 Å². The fraction of sp³-hybridized carbons (Fsp3) is 0. The normalized spacial score (nSPS) is 10.2. The molecule has 2 rings (SSSR count). The van der Waals surface area contributed by atoms with Crippen LogP contribution in [-0.2, 0) is 0 Å². The first-order chi connectivity index (χ1) is 6.25. The summed E-state index contributed by atoms with van der Waals surface area (Å²) in [6.45, 7) is 0. The molecule has 0 aliphatic carbocycles. The van der Waals surface area contributed by atoms with Gasteiger partial charge in [-0.05, 0) is 12.1 Å². The van der Waals surface area contributed by atoms with Crippen LogP contribution in [0.1, 0.15) is 0 Å². The number of nitrogen functional groups attached to an aromatic ring is 2. The summed E-state index contributed by atoms with van der Waals surface area (Å²) in [6, 6.07) is 5.33. The third kappa shape index (κ3) is 1.44. The molecular formula is C8H9N5. The first-order valence-corrected chi connectivity index (χ1v) is 3.78. The van der Waals surface area contributed by atoms with Crippen LogP contribution in [0.3, 0.4) is 0 Å². The molecule has 5 heteroatoms. The summed E-state index contributed by atoms with van der Waals surface area (Å²) in [5.74, 6) is 0.961. The van der Waals surface area contributed by atoms with Crippen LogP contribution < -0.4 is 11.5 Å². The summed E-state index contributed by atoms with van der Waals surface area (Å²) in [4.78, 5) is 3.95. The van der Waals surface area contributed by atoms with Gasteiger partial charge in [0.15, 0.2) is 0 Å². The van der Waals surface area contributed by atoms with Crippen molar-refractivity contribution in [1.82, 2.24) is 15.2 Å². The molecule has 0 fully saturated rings. The third-order valence-corrected chi connectivity index (χ3v) is 1.70. The van der Waals surface area contributed by atoms with Gasteiger partial charge in [-0.3, -0.25) is 5.10 Å². The zero-order valence-electron chi connectivity index (χ0n) is 6.86. The van der Waals surface area contributed by atoms with Crippen molar-refractivity contribution in [3.8, 4) is 11.3 Å². The van der Waals surface area contributed by atoms with Crippen molar-refractivity contribution in [3.63, 3.8) is 0 Å². The highest BCUT2D eigenvalue weighted by molar-refractivity contribution is 5.61. The Morgan fingerprint density at radius 3 is 2.54 bits per heavy atom. The maximum atomic E-state index is 5.46. The van der Waals surface area contributed by atoms with Crippen LogP contribution in [0, 0.1) is 0 Å². The molecule has 0 radical (unpaired) electrons. The molecule has 5 nitrogen and oxygen atoms in total. The van der Waals surface area contributed by atoms with Crippen molar-refractivity contribution in [1.29, 1.82) is 0 Å². The first kappa shape index (κ1) is 7.60. The Morgan fingerprint density at radius 1 is 1.15 bits per heavy atom. The molecule has 2 heterocycles. The Bertz CT molecular complexity index is 403. The van der Waals surface area contributed by atoms with E-state index >= 15 is 0 Å². The van der Waals surface area contributed by atoms with Crippen LogP contribution in [0.25, 0.3) is 11.3 Å². The number of nitrogens with one attached hydrogen (secondary N) is 1. The van der Waals surface area contributed by atoms with Crippen molar-refractivity contribution in [2.24, 2.45) is 0 Å². The molecule has 0 aromatic carbocycles. The number of aromatic nitrogens is 3. The van der Waals surface area contributed by atoms with Gasteiger partial charge in [-0.25, -0.2) is 4.98 Å². The molecule has 2 aromatic heterocycles. The molecule has 0 saturated heterocycles. The Balaban J connectivity index is 2.41. The smallest absolute Gasteiger partial charge is 0.145 e. The minimum absolute atomic E-state index is 0.465. The summed E-state index contributed by atoms with van der Waals surface area (Å²) < 4.78 is 0. The van der Waals surface area contributed by atoms with E-state index in [0.29, 0.717) is 11.6 Å². The number of nitrogens with two attached hydrogens (primary N) is 2. The van der Waals surface area contributed by atoms with Crippen LogP contribution >= 0.6 is 0 Å². The first-order valence-electron chi connectivity index (χ1n) is 3.78. The van der Waals surface area contributed by atoms with Gasteiger partial charge in [0.05, 0.1) is 5.69 Å². The van der Waals surface area contributed by atoms with E-state index in [1.807, 2.05) is 6.07 Å². The monoisotopic (exact) mass is 175 g/mol. The van der Waals surface area contributed by atoms with Gasteiger partial charge in [-0.1, -0.05) is 0 Å². The predicted octanol–water partition coefficient (Wildman–Crippen LogP) is 0.636. The second-order valence-corrected chi connectivity index (χ2v) is 2.68. The zero-order valence-corrected chi connectivity index (χ0v) is 6.86. The maximum absolute atomic E-state index is 5.46. The van der Waals surface area contributed by atoms with E-state index in [4.69, 9.17) is 11.5 Å². The highest BCUT2D eigenvalue weighted by Crippen LogP contribution is 2.17. The van der Waals surface area contributed by atoms with E-state index in [1.165, 1.54) is 0 Å². The number of aromatic amines is 1. The fourth-order valence-corrected chi connectivity index (χ4v) is 1.05. The van der Waals surface area contributed by atoms with Crippen molar-refractivity contribution in [3.05, 3.63) is 24.4 Å². The minimum Gasteiger partial charge on any atom is -0.384 e. The summed E-state index contributed by atoms with van der Waals surface area (Å²) in [6.07, 6.45) is 1.67. The number of nitrogens with zero attached hydrogens (tertiary/aromatic N) is 2. The second kappa shape index (κ2) is 2.78. The third-order valence-electron chi connectivity index (χ3n) is 1.70. The minimum atomic E-state index is 0.465. The van der Waals surface area contributed by atoms with Gasteiger partial charge in [-0.2, -0.15) is 5.10 Å². The number of pyridine rings is 1. The molecular weight excluding hydrogens is 166 g/mol. The maximum Gasteiger partial charge on any atom is 0.145 e. The summed E-state index contributed by atoms with van der Waals surface area (Å²) in [7, 11) is 0. The van der Waals surface area contributed by atoms with Gasteiger partial charge in [0.2, 0.25) is 0 Å². The van der Waals surface area contributed by atoms with E-state index in [1.54, 1.807) is 18.3 Å². The van der Waals surface area contributed by atoms with Crippen LogP contribution in [0.15, 0.2) is 24.4 Å². The fourth-order valence-electron chi connectivity index (χ4n) is 1.05. The molecule has 13 heavy (non-hydrogen) atoms. The number of hydrogen-bond acceptors (Lipinski definition) is 4. The van der Waals surface area contributed by atoms with Gasteiger partial charge in [-0.15, -0.1) is 0 Å². The lowest BCUT2D eigenvalue weighted by molar-refractivity contribution is 1.10. The lowest BCUT2D eigenvalue weighted by Gasteiger charge is -1.95. The second-order valence-electron chi connectivity index (χ2n) is 2.68. The molecule has 0 atom stereocenters. The van der Waals surface area contributed by atoms with Gasteiger partial charge >= 0.3 is 0 Å². The van der Waals surface area contributed by atoms with Crippen molar-refractivity contribution >= 4 is 11.6 Å². The molecule has 0 saturated carbocycles. The molecule has 0 amide bonds. The number of H-pyrrole nitrogens is 1. The molecule has 0 unspecified atom stereocenters. The highest BCUT2D eigenvalue weighted by atomic mass is 15.2. The van der Waals surface area contributed by atoms with Crippen LogP contribution in [0.2, 0.25) is 0 Å². The average Bonchev–Trinajstić information content (AvgIpc) is 2.53. The van der Waals surface area contributed by atoms with Crippen LogP contribution in [-0.4, -0.2) is 15.2 Å². The predicted molar refractivity (Wildman–Crippen MR) is 50.6 cm³/mol. The molecule has 0 bridgehead atoms. The van der Waals surface area contributed by atoms with Crippen LogP contribution in [0.4, 0.5) is 11.6 Å². The Kier molecular flexibility index (Phi) is 1.63. The van der Waals surface area contributed by atoms with Crippen molar-refractivity contribution in [2.45, 2.75) is 0 Å². The van der Waals surface area contributed by atoms with Gasteiger partial charge in [0, 0.05) is 17.8 Å². The Labute approximate surface area is 74.8 Å². The van der Waals surface area contributed by atoms with Crippen molar-refractivity contribution < 1.29 is 0 Å². The summed E-state index contributed by atoms with van der Waals surface area (Å²) >= 11 is 0. The number of hydrogen-bond donors (Lipinski definition) is 3. The van der Waals surface area contributed by atoms with E-state index < -0.39 is 0 Å². The highest BCUT2D eigenvalue weighted by Gasteiger charge is 2.00. The van der Waals surface area contributed by atoms with Gasteiger partial charge in [0.1, 0.15) is 11.6 Å². The van der Waals surface area contributed by atoms with Crippen LogP contribution in [0.5, 0.6) is 0 Å². The lowest BCUT2D eigenvalue weighted by atomic mass is 10.2. The number of anilines is 2. The number of rotatable bonds is 1. The Morgan fingerprint density at radius 2 is 2.00 bits per heavy atom. The lowest BCUT2D eigenvalue weighted by Crippen LogP contribution is -1.88. The summed E-state index contributed by atoms with van der Waals surface area (Å²) in [5, 5.41) is 6.59. The molecule has 5 N–H and O–H groups in total. The SMILES string of the molecule is Nc1ccc(-c2cc(N)n[nH]2)cn1. The molecule has 0 aliphatic heterocycles. The topological polar surface area (TPSA) is 93.6 Å². The van der Waals surface area contributed by atoms with E-state index in [-0.39, 0.29) is 0 Å². The standard InChI is InChI=1S/C8H9N5/c9-7-2-1-5(4-11-7)6-3-8(10)13-12-6/h1-4H,(H2,9,11)(H3,10,12,13). The van der Waals surface area contributed by atoms with E-state index in [2.05, 4.69) is 15.2 Å². The largest absolute Gasteiger partial charge is 0.384 e. The van der Waals surface area contributed by atoms with Gasteiger partial charge < -0.3 is 11.5 Å². The van der Waals surface area contributed by atoms with Gasteiger partial charge in [0.25, 0.3) is 0 Å². The van der Waals surface area contributed by atoms with Crippen molar-refractivity contribution in [2.75, 3.05) is 11.5 Å². The van der Waals surface area contributed by atoms with E-state index in [0.717, 1.165) is 11.3 Å².